The molecule has 0 bridgehead atoms. The Kier molecular flexibility index (Phi) is 13.4. The van der Waals surface area contributed by atoms with Gasteiger partial charge in [-0.05, 0) is 60.8 Å². The first-order chi connectivity index (χ1) is 17.6. The maximum absolute atomic E-state index is 13.2. The van der Waals surface area contributed by atoms with Crippen molar-refractivity contribution in [3.8, 4) is 0 Å². The molecule has 4 nitrogen and oxygen atoms in total. The average Bonchev–Trinajstić information content (AvgIpc) is 3.24. The third kappa shape index (κ3) is 7.52. The molecule has 1 aromatic carbocycles. The van der Waals surface area contributed by atoms with Crippen molar-refractivity contribution in [3.05, 3.63) is 58.8 Å². The quantitative estimate of drug-likeness (QED) is 0.392. The van der Waals surface area contributed by atoms with Gasteiger partial charge in [0.15, 0.2) is 0 Å². The van der Waals surface area contributed by atoms with E-state index >= 15 is 0 Å². The van der Waals surface area contributed by atoms with Gasteiger partial charge in [0.05, 0.1) is 0 Å². The lowest BCUT2D eigenvalue weighted by Crippen LogP contribution is -2.37. The van der Waals surface area contributed by atoms with Crippen LogP contribution in [0.15, 0.2) is 42.0 Å². The molecule has 1 aromatic heterocycles. The highest BCUT2D eigenvalue weighted by atomic mass is 32.2. The summed E-state index contributed by atoms with van der Waals surface area (Å²) < 4.78 is 2.49. The molecule has 2 aliphatic rings. The van der Waals surface area contributed by atoms with Gasteiger partial charge in [0.1, 0.15) is 0 Å². The van der Waals surface area contributed by atoms with Crippen molar-refractivity contribution in [2.75, 3.05) is 31.6 Å². The van der Waals surface area contributed by atoms with Gasteiger partial charge in [-0.1, -0.05) is 59.8 Å². The molecular formula is C31H49N3OS. The van der Waals surface area contributed by atoms with E-state index in [1.807, 2.05) is 50.4 Å². The van der Waals surface area contributed by atoms with Crippen LogP contribution in [0.4, 0.5) is 0 Å². The van der Waals surface area contributed by atoms with Crippen LogP contribution in [-0.2, 0) is 19.5 Å². The fourth-order valence-electron chi connectivity index (χ4n) is 5.01. The first kappa shape index (κ1) is 30.2. The summed E-state index contributed by atoms with van der Waals surface area (Å²) in [6, 6.07) is 6.39. The molecule has 2 aliphatic heterocycles. The van der Waals surface area contributed by atoms with Crippen molar-refractivity contribution in [2.24, 2.45) is 5.92 Å². The number of amides is 1. The summed E-state index contributed by atoms with van der Waals surface area (Å²) >= 11 is 1.85. The Bertz CT molecular complexity index is 1010. The van der Waals surface area contributed by atoms with Crippen LogP contribution in [0, 0.1) is 5.92 Å². The molecule has 0 aliphatic carbocycles. The van der Waals surface area contributed by atoms with Gasteiger partial charge in [0.25, 0.3) is 5.91 Å². The monoisotopic (exact) mass is 511 g/mol. The predicted octanol–water partition coefficient (Wildman–Crippen LogP) is 7.47. The Labute approximate surface area is 224 Å². The van der Waals surface area contributed by atoms with Crippen LogP contribution in [0.1, 0.15) is 82.4 Å². The van der Waals surface area contributed by atoms with E-state index in [4.69, 9.17) is 0 Å². The lowest BCUT2D eigenvalue weighted by molar-refractivity contribution is 0.0697. The molecule has 1 saturated heterocycles. The van der Waals surface area contributed by atoms with Crippen molar-refractivity contribution in [3.63, 3.8) is 0 Å². The normalized spacial score (nSPS) is 16.3. The van der Waals surface area contributed by atoms with Crippen LogP contribution in [0.25, 0.3) is 10.9 Å². The van der Waals surface area contributed by atoms with E-state index in [9.17, 15) is 4.79 Å². The third-order valence-corrected chi connectivity index (χ3v) is 7.37. The smallest absolute Gasteiger partial charge is 0.253 e. The molecular weight excluding hydrogens is 462 g/mol. The second kappa shape index (κ2) is 16.0. The highest BCUT2D eigenvalue weighted by Gasteiger charge is 2.24. The molecule has 0 radical (unpaired) electrons. The minimum absolute atomic E-state index is 0.190. The topological polar surface area (TPSA) is 37.3 Å². The predicted molar refractivity (Wildman–Crippen MR) is 160 cm³/mol. The van der Waals surface area contributed by atoms with Gasteiger partial charge in [-0.25, -0.2) is 0 Å². The lowest BCUT2D eigenvalue weighted by Gasteiger charge is -2.30. The Hall–Kier alpha value is -1.98. The second-order valence-electron chi connectivity index (χ2n) is 9.19. The Morgan fingerprint density at radius 1 is 1.17 bits per heavy atom. The number of nitrogens with zero attached hydrogens (tertiary/aromatic N) is 2. The SMILES string of the molecule is CC.CC.CC/C=C(\C=C/CSC)Cn1c2c(c3cc(C(=O)N4CCC(C)CC4)ccc31)CNCC2. The van der Waals surface area contributed by atoms with E-state index in [0.29, 0.717) is 0 Å². The Morgan fingerprint density at radius 2 is 1.89 bits per heavy atom. The van der Waals surface area contributed by atoms with E-state index < -0.39 is 0 Å². The summed E-state index contributed by atoms with van der Waals surface area (Å²) in [5.74, 6) is 1.95. The minimum atomic E-state index is 0.190. The van der Waals surface area contributed by atoms with E-state index in [0.717, 1.165) is 75.6 Å². The highest BCUT2D eigenvalue weighted by molar-refractivity contribution is 7.98. The number of thioether (sulfide) groups is 1. The van der Waals surface area contributed by atoms with Crippen LogP contribution in [0.5, 0.6) is 0 Å². The van der Waals surface area contributed by atoms with Crippen molar-refractivity contribution in [1.82, 2.24) is 14.8 Å². The summed E-state index contributed by atoms with van der Waals surface area (Å²) in [6.45, 7) is 17.0. The molecule has 0 spiro atoms. The fraction of sp³-hybridized carbons (Fsp3) is 0.581. The molecule has 36 heavy (non-hydrogen) atoms. The molecule has 0 atom stereocenters. The largest absolute Gasteiger partial charge is 0.340 e. The Morgan fingerprint density at radius 3 is 2.56 bits per heavy atom. The number of aromatic nitrogens is 1. The van der Waals surface area contributed by atoms with Gasteiger partial charge < -0.3 is 14.8 Å². The number of allylic oxidation sites excluding steroid dienone is 3. The van der Waals surface area contributed by atoms with Crippen molar-refractivity contribution >= 4 is 28.6 Å². The molecule has 4 rings (SSSR count). The number of hydrogen-bond donors (Lipinski definition) is 1. The number of rotatable bonds is 7. The summed E-state index contributed by atoms with van der Waals surface area (Å²) in [7, 11) is 0. The number of carbonyl (C=O) groups is 1. The van der Waals surface area contributed by atoms with Crippen LogP contribution < -0.4 is 5.32 Å². The van der Waals surface area contributed by atoms with Gasteiger partial charge in [-0.15, -0.1) is 0 Å². The van der Waals surface area contributed by atoms with Gasteiger partial charge in [-0.2, -0.15) is 11.8 Å². The molecule has 200 valence electrons. The number of fused-ring (bicyclic) bond motifs is 3. The Balaban J connectivity index is 0.00000109. The summed E-state index contributed by atoms with van der Waals surface area (Å²) in [6.07, 6.45) is 13.3. The van der Waals surface area contributed by atoms with Gasteiger partial charge in [-0.3, -0.25) is 4.79 Å². The maximum atomic E-state index is 13.2. The zero-order valence-corrected chi connectivity index (χ0v) is 24.6. The standard InChI is InChI=1S/C27H37N3OS.2C2H6/c1-4-6-21(7-5-16-32-3)19-30-25-9-8-22(27(31)29-14-11-20(2)12-15-29)17-23(25)24-18-28-13-10-26(24)30;2*1-2/h5-9,17,20,28H,4,10-16,18-19H2,1-3H3;2*1-2H3/b7-5-,21-6+;;. The number of carbonyl (C=O) groups excluding carboxylic acids is 1. The molecule has 1 N–H and O–H groups in total. The highest BCUT2D eigenvalue weighted by Crippen LogP contribution is 2.31. The van der Waals surface area contributed by atoms with Crippen molar-refractivity contribution < 1.29 is 4.79 Å². The number of benzene rings is 1. The molecule has 5 heteroatoms. The first-order valence-electron chi connectivity index (χ1n) is 14.1. The zero-order chi connectivity index (χ0) is 26.5. The van der Waals surface area contributed by atoms with Crippen LogP contribution in [0.2, 0.25) is 0 Å². The molecule has 0 saturated carbocycles. The van der Waals surface area contributed by atoms with Gasteiger partial charge in [0, 0.05) is 67.1 Å². The molecule has 2 aromatic rings. The number of hydrogen-bond acceptors (Lipinski definition) is 3. The third-order valence-electron chi connectivity index (χ3n) is 6.85. The first-order valence-corrected chi connectivity index (χ1v) is 15.5. The fourth-order valence-corrected chi connectivity index (χ4v) is 5.30. The number of piperidine rings is 1. The van der Waals surface area contributed by atoms with E-state index in [1.165, 1.54) is 27.7 Å². The van der Waals surface area contributed by atoms with E-state index in [-0.39, 0.29) is 5.91 Å². The second-order valence-corrected chi connectivity index (χ2v) is 10.1. The van der Waals surface area contributed by atoms with Crippen LogP contribution in [0.3, 0.4) is 0 Å². The zero-order valence-electron chi connectivity index (χ0n) is 23.8. The number of likely N-dealkylation sites (tertiary alicyclic amines) is 1. The summed E-state index contributed by atoms with van der Waals surface area (Å²) in [4.78, 5) is 15.3. The van der Waals surface area contributed by atoms with E-state index in [1.54, 1.807) is 0 Å². The number of nitrogens with one attached hydrogen (secondary N) is 1. The van der Waals surface area contributed by atoms with Crippen molar-refractivity contribution in [1.29, 1.82) is 0 Å². The molecule has 1 fully saturated rings. The molecule has 3 heterocycles. The van der Waals surface area contributed by atoms with Gasteiger partial charge >= 0.3 is 0 Å². The van der Waals surface area contributed by atoms with Crippen LogP contribution in [-0.4, -0.2) is 47.0 Å². The molecule has 0 unspecified atom stereocenters. The maximum Gasteiger partial charge on any atom is 0.253 e. The van der Waals surface area contributed by atoms with Gasteiger partial charge in [0.2, 0.25) is 0 Å². The minimum Gasteiger partial charge on any atom is -0.340 e. The average molecular weight is 512 g/mol. The lowest BCUT2D eigenvalue weighted by atomic mass is 9.98. The summed E-state index contributed by atoms with van der Waals surface area (Å²) in [5.41, 5.74) is 6.25. The van der Waals surface area contributed by atoms with E-state index in [2.05, 4.69) is 60.3 Å². The van der Waals surface area contributed by atoms with Crippen LogP contribution >= 0.6 is 11.8 Å². The molecule has 1 amide bonds. The summed E-state index contributed by atoms with van der Waals surface area (Å²) in [5, 5.41) is 4.79. The van der Waals surface area contributed by atoms with Crippen molar-refractivity contribution in [2.45, 2.75) is 80.3 Å².